The van der Waals surface area contributed by atoms with Crippen LogP contribution in [-0.2, 0) is 13.3 Å². The normalized spacial score (nSPS) is 18.6. The summed E-state index contributed by atoms with van der Waals surface area (Å²) in [4.78, 5) is 0. The zero-order valence-corrected chi connectivity index (χ0v) is 14.5. The molecular formula is C16H30O3Si. The molecule has 20 heavy (non-hydrogen) atoms. The van der Waals surface area contributed by atoms with Gasteiger partial charge in [-0.25, -0.2) is 0 Å². The van der Waals surface area contributed by atoms with Crippen molar-refractivity contribution in [3.05, 3.63) is 0 Å². The second kappa shape index (κ2) is 8.19. The van der Waals surface area contributed by atoms with Crippen molar-refractivity contribution < 1.29 is 13.3 Å². The first-order valence-corrected chi connectivity index (χ1v) is 9.75. The van der Waals surface area contributed by atoms with Gasteiger partial charge >= 0.3 is 8.80 Å². The summed E-state index contributed by atoms with van der Waals surface area (Å²) in [6, 6.07) is 0. The summed E-state index contributed by atoms with van der Waals surface area (Å²) in [5.74, 6) is 2.72. The standard InChI is InChI=1S/C16H30O3Si/c1-6-16(4,5)19-20(17-7-2,18-8-3)15-13-11-9-10-12-14-15/h1,15H,7-14H2,2-5H3. The largest absolute Gasteiger partial charge is 0.505 e. The topological polar surface area (TPSA) is 27.7 Å². The minimum Gasteiger partial charge on any atom is -0.374 e. The average Bonchev–Trinajstić information content (AvgIpc) is 2.68. The Hall–Kier alpha value is -0.343. The predicted octanol–water partition coefficient (Wildman–Crippen LogP) is 4.15. The first-order chi connectivity index (χ1) is 9.49. The molecule has 0 amide bonds. The number of rotatable bonds is 7. The van der Waals surface area contributed by atoms with E-state index in [4.69, 9.17) is 19.7 Å². The van der Waals surface area contributed by atoms with Crippen molar-refractivity contribution in [2.75, 3.05) is 13.2 Å². The highest BCUT2D eigenvalue weighted by molar-refractivity contribution is 6.62. The molecule has 0 N–H and O–H groups in total. The van der Waals surface area contributed by atoms with Crippen LogP contribution in [0.2, 0.25) is 5.54 Å². The van der Waals surface area contributed by atoms with Crippen molar-refractivity contribution in [2.45, 2.75) is 77.4 Å². The van der Waals surface area contributed by atoms with Crippen LogP contribution in [0.25, 0.3) is 0 Å². The third kappa shape index (κ3) is 4.89. The zero-order chi connectivity index (χ0) is 15.1. The van der Waals surface area contributed by atoms with Crippen LogP contribution >= 0.6 is 0 Å². The molecule has 1 aliphatic rings. The van der Waals surface area contributed by atoms with Gasteiger partial charge in [0.2, 0.25) is 0 Å². The molecule has 4 heteroatoms. The minimum atomic E-state index is -2.73. The molecule has 0 bridgehead atoms. The lowest BCUT2D eigenvalue weighted by Crippen LogP contribution is -2.54. The second-order valence-corrected chi connectivity index (χ2v) is 8.72. The van der Waals surface area contributed by atoms with Gasteiger partial charge in [-0.1, -0.05) is 31.6 Å². The molecule has 0 radical (unpaired) electrons. The van der Waals surface area contributed by atoms with Crippen LogP contribution in [0.1, 0.15) is 66.2 Å². The number of hydrogen-bond donors (Lipinski definition) is 0. The van der Waals surface area contributed by atoms with Crippen molar-refractivity contribution in [1.29, 1.82) is 0 Å². The van der Waals surface area contributed by atoms with Gasteiger partial charge in [-0.2, -0.15) is 0 Å². The molecular weight excluding hydrogens is 268 g/mol. The van der Waals surface area contributed by atoms with E-state index in [9.17, 15) is 0 Å². The lowest BCUT2D eigenvalue weighted by molar-refractivity contribution is 0.00794. The monoisotopic (exact) mass is 298 g/mol. The summed E-state index contributed by atoms with van der Waals surface area (Å²) in [5, 5.41) is 0. The van der Waals surface area contributed by atoms with E-state index in [0.29, 0.717) is 18.8 Å². The van der Waals surface area contributed by atoms with Gasteiger partial charge in [0.15, 0.2) is 0 Å². The maximum atomic E-state index is 6.31. The van der Waals surface area contributed by atoms with Gasteiger partial charge in [0.05, 0.1) is 0 Å². The van der Waals surface area contributed by atoms with Gasteiger partial charge in [0.25, 0.3) is 0 Å². The maximum Gasteiger partial charge on any atom is 0.505 e. The molecule has 1 fully saturated rings. The fraction of sp³-hybridized carbons (Fsp3) is 0.875. The Morgan fingerprint density at radius 2 is 1.55 bits per heavy atom. The molecule has 0 spiro atoms. The van der Waals surface area contributed by atoms with Crippen LogP contribution in [0.4, 0.5) is 0 Å². The van der Waals surface area contributed by atoms with Crippen LogP contribution in [0.15, 0.2) is 0 Å². The Kier molecular flexibility index (Phi) is 7.25. The molecule has 1 aliphatic carbocycles. The van der Waals surface area contributed by atoms with Crippen LogP contribution < -0.4 is 0 Å². The van der Waals surface area contributed by atoms with E-state index in [1.165, 1.54) is 25.7 Å². The van der Waals surface area contributed by atoms with Crippen LogP contribution in [0, 0.1) is 12.3 Å². The molecule has 1 rings (SSSR count). The molecule has 1 saturated carbocycles. The van der Waals surface area contributed by atoms with E-state index in [1.54, 1.807) is 0 Å². The minimum absolute atomic E-state index is 0.387. The summed E-state index contributed by atoms with van der Waals surface area (Å²) in [5.41, 5.74) is -0.249. The quantitative estimate of drug-likeness (QED) is 0.401. The Balaban J connectivity index is 2.98. The van der Waals surface area contributed by atoms with Gasteiger partial charge in [-0.3, -0.25) is 0 Å². The third-order valence-corrected chi connectivity index (χ3v) is 7.55. The van der Waals surface area contributed by atoms with Crippen molar-refractivity contribution in [3.63, 3.8) is 0 Å². The SMILES string of the molecule is C#CC(C)(C)O[Si](OCC)(OCC)C1CCCCCC1. The fourth-order valence-electron chi connectivity index (χ4n) is 2.84. The Morgan fingerprint density at radius 3 is 1.95 bits per heavy atom. The number of hydrogen-bond acceptors (Lipinski definition) is 3. The van der Waals surface area contributed by atoms with E-state index < -0.39 is 14.4 Å². The highest BCUT2D eigenvalue weighted by atomic mass is 28.4. The average molecular weight is 298 g/mol. The van der Waals surface area contributed by atoms with E-state index in [1.807, 2.05) is 27.7 Å². The smallest absolute Gasteiger partial charge is 0.374 e. The lowest BCUT2D eigenvalue weighted by Gasteiger charge is -2.39. The molecule has 0 aromatic heterocycles. The van der Waals surface area contributed by atoms with Crippen molar-refractivity contribution in [2.24, 2.45) is 0 Å². The summed E-state index contributed by atoms with van der Waals surface area (Å²) in [7, 11) is -2.73. The molecule has 0 unspecified atom stereocenters. The molecule has 0 aromatic rings. The van der Waals surface area contributed by atoms with Gasteiger partial charge < -0.3 is 13.3 Å². The molecule has 0 aliphatic heterocycles. The van der Waals surface area contributed by atoms with Gasteiger partial charge in [0.1, 0.15) is 5.60 Å². The molecule has 3 nitrogen and oxygen atoms in total. The Labute approximate surface area is 125 Å². The summed E-state index contributed by atoms with van der Waals surface area (Å²) in [6.07, 6.45) is 12.9. The fourth-order valence-corrected chi connectivity index (χ4v) is 6.37. The van der Waals surface area contributed by atoms with E-state index in [2.05, 4.69) is 5.92 Å². The summed E-state index contributed by atoms with van der Waals surface area (Å²) in [6.45, 7) is 9.08. The Bertz CT molecular complexity index is 308. The van der Waals surface area contributed by atoms with Crippen LogP contribution in [0.5, 0.6) is 0 Å². The first kappa shape index (κ1) is 17.7. The van der Waals surface area contributed by atoms with E-state index in [-0.39, 0.29) is 0 Å². The molecule has 0 atom stereocenters. The molecule has 0 heterocycles. The van der Waals surface area contributed by atoms with Crippen LogP contribution in [0.3, 0.4) is 0 Å². The maximum absolute atomic E-state index is 6.31. The third-order valence-electron chi connectivity index (χ3n) is 3.79. The zero-order valence-electron chi connectivity index (χ0n) is 13.5. The first-order valence-electron chi connectivity index (χ1n) is 7.95. The van der Waals surface area contributed by atoms with Gasteiger partial charge in [-0.15, -0.1) is 6.42 Å². The van der Waals surface area contributed by atoms with Crippen molar-refractivity contribution in [1.82, 2.24) is 0 Å². The highest BCUT2D eigenvalue weighted by Crippen LogP contribution is 2.39. The summed E-state index contributed by atoms with van der Waals surface area (Å²) >= 11 is 0. The predicted molar refractivity (Wildman–Crippen MR) is 84.5 cm³/mol. The molecule has 0 saturated heterocycles. The van der Waals surface area contributed by atoms with Gasteiger partial charge in [-0.05, 0) is 40.5 Å². The highest BCUT2D eigenvalue weighted by Gasteiger charge is 2.51. The number of terminal acetylenes is 1. The Morgan fingerprint density at radius 1 is 1.05 bits per heavy atom. The van der Waals surface area contributed by atoms with Gasteiger partial charge in [0, 0.05) is 18.8 Å². The van der Waals surface area contributed by atoms with Crippen LogP contribution in [-0.4, -0.2) is 27.6 Å². The molecule has 0 aromatic carbocycles. The molecule has 116 valence electrons. The second-order valence-electron chi connectivity index (χ2n) is 5.91. The van der Waals surface area contributed by atoms with E-state index in [0.717, 1.165) is 12.8 Å². The van der Waals surface area contributed by atoms with E-state index >= 15 is 0 Å². The summed E-state index contributed by atoms with van der Waals surface area (Å²) < 4.78 is 18.5. The van der Waals surface area contributed by atoms with Crippen molar-refractivity contribution in [3.8, 4) is 12.3 Å². The van der Waals surface area contributed by atoms with Crippen molar-refractivity contribution >= 4 is 8.80 Å². The lowest BCUT2D eigenvalue weighted by atomic mass is 10.2.